The number of nitrogens with two attached hydrogens (primary N) is 1. The van der Waals surface area contributed by atoms with Crippen molar-refractivity contribution in [2.75, 3.05) is 5.32 Å². The van der Waals surface area contributed by atoms with Gasteiger partial charge in [0.15, 0.2) is 0 Å². The molecule has 0 saturated heterocycles. The molecule has 0 fully saturated rings. The average Bonchev–Trinajstić information content (AvgIpc) is 2.40. The Labute approximate surface area is 130 Å². The standard InChI is InChI=1S/C13H12BrN3O3S/c1-8-4-5-9(7-11(8)21(15,19)20)17-13(18)10-3-2-6-16-12(10)14/h2-7H,1H3,(H,17,18)(H2,15,19,20). The smallest absolute Gasteiger partial charge is 0.258 e. The molecule has 0 aliphatic carbocycles. The van der Waals surface area contributed by atoms with E-state index < -0.39 is 15.9 Å². The van der Waals surface area contributed by atoms with Crippen LogP contribution in [0.2, 0.25) is 0 Å². The van der Waals surface area contributed by atoms with Crippen LogP contribution in [0.3, 0.4) is 0 Å². The Balaban J connectivity index is 2.33. The monoisotopic (exact) mass is 369 g/mol. The molecule has 6 nitrogen and oxygen atoms in total. The number of benzene rings is 1. The Kier molecular flexibility index (Phi) is 4.40. The Morgan fingerprint density at radius 1 is 1.33 bits per heavy atom. The number of hydrogen-bond donors (Lipinski definition) is 2. The third-order valence-corrected chi connectivity index (χ3v) is 4.44. The summed E-state index contributed by atoms with van der Waals surface area (Å²) in [6.07, 6.45) is 1.55. The van der Waals surface area contributed by atoms with E-state index in [0.29, 0.717) is 21.4 Å². The molecule has 0 aliphatic heterocycles. The number of primary sulfonamides is 1. The van der Waals surface area contributed by atoms with E-state index >= 15 is 0 Å². The second-order valence-electron chi connectivity index (χ2n) is 4.32. The molecule has 0 atom stereocenters. The van der Waals surface area contributed by atoms with Crippen LogP contribution in [0, 0.1) is 6.92 Å². The Morgan fingerprint density at radius 2 is 2.05 bits per heavy atom. The highest BCUT2D eigenvalue weighted by Crippen LogP contribution is 2.20. The predicted molar refractivity (Wildman–Crippen MR) is 82.4 cm³/mol. The second-order valence-corrected chi connectivity index (χ2v) is 6.60. The van der Waals surface area contributed by atoms with Gasteiger partial charge >= 0.3 is 0 Å². The van der Waals surface area contributed by atoms with Crippen LogP contribution in [0.15, 0.2) is 46.0 Å². The van der Waals surface area contributed by atoms with Crippen LogP contribution < -0.4 is 10.5 Å². The molecule has 2 rings (SSSR count). The minimum absolute atomic E-state index is 0.0226. The highest BCUT2D eigenvalue weighted by atomic mass is 79.9. The molecule has 0 saturated carbocycles. The fourth-order valence-electron chi connectivity index (χ4n) is 1.74. The number of anilines is 1. The van der Waals surface area contributed by atoms with E-state index in [1.165, 1.54) is 6.07 Å². The maximum absolute atomic E-state index is 12.1. The first-order chi connectivity index (χ1) is 9.79. The number of hydrogen-bond acceptors (Lipinski definition) is 4. The van der Waals surface area contributed by atoms with Gasteiger partial charge in [-0.1, -0.05) is 6.07 Å². The number of amides is 1. The Morgan fingerprint density at radius 3 is 2.67 bits per heavy atom. The number of rotatable bonds is 3. The largest absolute Gasteiger partial charge is 0.322 e. The van der Waals surface area contributed by atoms with Gasteiger partial charge < -0.3 is 5.32 Å². The van der Waals surface area contributed by atoms with Gasteiger partial charge in [-0.05, 0) is 52.7 Å². The highest BCUT2D eigenvalue weighted by Gasteiger charge is 2.15. The molecule has 0 bridgehead atoms. The van der Waals surface area contributed by atoms with Gasteiger partial charge in [-0.2, -0.15) is 0 Å². The number of carbonyl (C=O) groups is 1. The SMILES string of the molecule is Cc1ccc(NC(=O)c2cccnc2Br)cc1S(N)(=O)=O. The Hall–Kier alpha value is -1.77. The molecule has 2 aromatic rings. The van der Waals surface area contributed by atoms with Crippen LogP contribution >= 0.6 is 15.9 Å². The lowest BCUT2D eigenvalue weighted by atomic mass is 10.2. The first-order valence-corrected chi connectivity index (χ1v) is 8.18. The minimum Gasteiger partial charge on any atom is -0.322 e. The fourth-order valence-corrected chi connectivity index (χ4v) is 2.98. The molecule has 0 unspecified atom stereocenters. The molecule has 1 amide bonds. The van der Waals surface area contributed by atoms with Crippen LogP contribution in [0.4, 0.5) is 5.69 Å². The first kappa shape index (κ1) is 15.6. The number of carbonyl (C=O) groups excluding carboxylic acids is 1. The molecule has 0 spiro atoms. The maximum atomic E-state index is 12.1. The van der Waals surface area contributed by atoms with Crippen molar-refractivity contribution in [2.24, 2.45) is 5.14 Å². The summed E-state index contributed by atoms with van der Waals surface area (Å²) < 4.78 is 23.3. The summed E-state index contributed by atoms with van der Waals surface area (Å²) >= 11 is 3.18. The van der Waals surface area contributed by atoms with Crippen LogP contribution in [-0.2, 0) is 10.0 Å². The van der Waals surface area contributed by atoms with Gasteiger partial charge in [0, 0.05) is 11.9 Å². The number of aromatic nitrogens is 1. The quantitative estimate of drug-likeness (QED) is 0.808. The number of aryl methyl sites for hydroxylation is 1. The highest BCUT2D eigenvalue weighted by molar-refractivity contribution is 9.10. The lowest BCUT2D eigenvalue weighted by Gasteiger charge is -2.09. The van der Waals surface area contributed by atoms with Crippen molar-refractivity contribution in [2.45, 2.75) is 11.8 Å². The van der Waals surface area contributed by atoms with Crippen molar-refractivity contribution >= 4 is 37.5 Å². The molecule has 0 aliphatic rings. The molecule has 21 heavy (non-hydrogen) atoms. The van der Waals surface area contributed by atoms with Gasteiger partial charge in [0.2, 0.25) is 10.0 Å². The normalized spacial score (nSPS) is 11.2. The summed E-state index contributed by atoms with van der Waals surface area (Å²) in [7, 11) is -3.84. The van der Waals surface area contributed by atoms with Gasteiger partial charge in [-0.25, -0.2) is 18.5 Å². The summed E-state index contributed by atoms with van der Waals surface area (Å²) in [4.78, 5) is 16.0. The second kappa shape index (κ2) is 5.92. The van der Waals surface area contributed by atoms with Crippen molar-refractivity contribution in [3.63, 3.8) is 0 Å². The number of nitrogens with one attached hydrogen (secondary N) is 1. The third-order valence-electron chi connectivity index (χ3n) is 2.76. The lowest BCUT2D eigenvalue weighted by molar-refractivity contribution is 0.102. The van der Waals surface area contributed by atoms with Crippen LogP contribution in [0.1, 0.15) is 15.9 Å². The maximum Gasteiger partial charge on any atom is 0.258 e. The van der Waals surface area contributed by atoms with Gasteiger partial charge in [-0.3, -0.25) is 4.79 Å². The van der Waals surface area contributed by atoms with Crippen molar-refractivity contribution in [3.8, 4) is 0 Å². The zero-order valence-corrected chi connectivity index (χ0v) is 13.4. The summed E-state index contributed by atoms with van der Waals surface area (Å²) in [6.45, 7) is 1.63. The van der Waals surface area contributed by atoms with Gasteiger partial charge in [-0.15, -0.1) is 0 Å². The van der Waals surface area contributed by atoms with Crippen molar-refractivity contribution < 1.29 is 13.2 Å². The van der Waals surface area contributed by atoms with E-state index in [0.717, 1.165) is 0 Å². The van der Waals surface area contributed by atoms with E-state index in [1.54, 1.807) is 37.4 Å². The molecule has 1 aromatic carbocycles. The lowest BCUT2D eigenvalue weighted by Crippen LogP contribution is -2.16. The van der Waals surface area contributed by atoms with E-state index in [2.05, 4.69) is 26.2 Å². The zero-order chi connectivity index (χ0) is 15.6. The summed E-state index contributed by atoms with van der Waals surface area (Å²) in [5, 5.41) is 7.74. The van der Waals surface area contributed by atoms with Crippen molar-refractivity contribution in [3.05, 3.63) is 52.3 Å². The van der Waals surface area contributed by atoms with E-state index in [4.69, 9.17) is 5.14 Å². The topological polar surface area (TPSA) is 102 Å². The minimum atomic E-state index is -3.84. The van der Waals surface area contributed by atoms with Crippen molar-refractivity contribution in [1.82, 2.24) is 4.98 Å². The van der Waals surface area contributed by atoms with E-state index in [1.807, 2.05) is 0 Å². The van der Waals surface area contributed by atoms with E-state index in [9.17, 15) is 13.2 Å². The first-order valence-electron chi connectivity index (χ1n) is 5.84. The fraction of sp³-hybridized carbons (Fsp3) is 0.0769. The van der Waals surface area contributed by atoms with E-state index in [-0.39, 0.29) is 4.90 Å². The third kappa shape index (κ3) is 3.66. The van der Waals surface area contributed by atoms with Gasteiger partial charge in [0.1, 0.15) is 4.60 Å². The van der Waals surface area contributed by atoms with Crippen LogP contribution in [-0.4, -0.2) is 19.3 Å². The van der Waals surface area contributed by atoms with Crippen LogP contribution in [0.25, 0.3) is 0 Å². The molecular weight excluding hydrogens is 358 g/mol. The molecular formula is C13H12BrN3O3S. The van der Waals surface area contributed by atoms with Gasteiger partial charge in [0.05, 0.1) is 10.5 Å². The molecule has 1 aromatic heterocycles. The number of sulfonamides is 1. The molecule has 0 radical (unpaired) electrons. The van der Waals surface area contributed by atoms with Crippen molar-refractivity contribution in [1.29, 1.82) is 0 Å². The predicted octanol–water partition coefficient (Wildman–Crippen LogP) is 2.05. The zero-order valence-electron chi connectivity index (χ0n) is 11.0. The molecule has 1 heterocycles. The molecule has 110 valence electrons. The average molecular weight is 370 g/mol. The summed E-state index contributed by atoms with van der Waals surface area (Å²) in [5.74, 6) is -0.404. The number of pyridine rings is 1. The van der Waals surface area contributed by atoms with Gasteiger partial charge in [0.25, 0.3) is 5.91 Å². The Bertz CT molecular complexity index is 806. The summed E-state index contributed by atoms with van der Waals surface area (Å²) in [5.41, 5.74) is 1.19. The number of halogens is 1. The molecule has 3 N–H and O–H groups in total. The number of nitrogens with zero attached hydrogens (tertiary/aromatic N) is 1. The summed E-state index contributed by atoms with van der Waals surface area (Å²) in [6, 6.07) is 7.73. The van der Waals surface area contributed by atoms with Crippen LogP contribution in [0.5, 0.6) is 0 Å². The molecule has 8 heteroatoms.